The molecule has 0 saturated carbocycles. The molecule has 0 bridgehead atoms. The number of hydrogen-bond acceptors (Lipinski definition) is 2. The maximum Gasteiger partial charge on any atom is 0.0357 e. The Morgan fingerprint density at radius 1 is 0.952 bits per heavy atom. The van der Waals surface area contributed by atoms with E-state index in [1.807, 2.05) is 0 Å². The van der Waals surface area contributed by atoms with Crippen molar-refractivity contribution in [2.24, 2.45) is 5.92 Å². The molecule has 1 rings (SSSR count). The van der Waals surface area contributed by atoms with Crippen molar-refractivity contribution < 1.29 is 0 Å². The highest BCUT2D eigenvalue weighted by atomic mass is 15.2. The Hall–Kier alpha value is -0.0800. The SMILES string of the molecule is CCCNC(CC(CC)CC)C(CC)(CC)N1CCCC1. The van der Waals surface area contributed by atoms with Crippen LogP contribution in [0.15, 0.2) is 0 Å². The first-order chi connectivity index (χ1) is 10.2. The van der Waals surface area contributed by atoms with Gasteiger partial charge in [-0.1, -0.05) is 47.5 Å². The molecule has 2 nitrogen and oxygen atoms in total. The molecule has 126 valence electrons. The summed E-state index contributed by atoms with van der Waals surface area (Å²) in [5.41, 5.74) is 0.383. The third-order valence-electron chi connectivity index (χ3n) is 5.97. The summed E-state index contributed by atoms with van der Waals surface area (Å²) < 4.78 is 0. The molecule has 1 saturated heterocycles. The number of nitrogens with one attached hydrogen (secondary N) is 1. The molecule has 1 fully saturated rings. The third-order valence-corrected chi connectivity index (χ3v) is 5.97. The Kier molecular flexibility index (Phi) is 8.89. The van der Waals surface area contributed by atoms with E-state index in [0.717, 1.165) is 5.92 Å². The van der Waals surface area contributed by atoms with E-state index in [9.17, 15) is 0 Å². The number of likely N-dealkylation sites (tertiary alicyclic amines) is 1. The van der Waals surface area contributed by atoms with Crippen LogP contribution in [0.4, 0.5) is 0 Å². The van der Waals surface area contributed by atoms with Crippen LogP contribution in [0, 0.1) is 5.92 Å². The van der Waals surface area contributed by atoms with Crippen molar-refractivity contribution in [1.82, 2.24) is 10.2 Å². The average molecular weight is 297 g/mol. The zero-order chi connectivity index (χ0) is 15.7. The highest BCUT2D eigenvalue weighted by molar-refractivity contribution is 5.01. The highest BCUT2D eigenvalue weighted by Gasteiger charge is 2.42. The van der Waals surface area contributed by atoms with E-state index < -0.39 is 0 Å². The van der Waals surface area contributed by atoms with Gasteiger partial charge in [-0.2, -0.15) is 0 Å². The predicted molar refractivity (Wildman–Crippen MR) is 94.9 cm³/mol. The van der Waals surface area contributed by atoms with Crippen LogP contribution < -0.4 is 5.32 Å². The van der Waals surface area contributed by atoms with Crippen molar-refractivity contribution in [3.8, 4) is 0 Å². The molecule has 0 radical (unpaired) electrons. The molecule has 1 atom stereocenters. The van der Waals surface area contributed by atoms with Gasteiger partial charge in [0.25, 0.3) is 0 Å². The van der Waals surface area contributed by atoms with Crippen molar-refractivity contribution >= 4 is 0 Å². The maximum atomic E-state index is 3.95. The fourth-order valence-electron chi connectivity index (χ4n) is 4.34. The molecule has 0 aromatic heterocycles. The van der Waals surface area contributed by atoms with E-state index in [-0.39, 0.29) is 0 Å². The molecule has 1 heterocycles. The summed E-state index contributed by atoms with van der Waals surface area (Å²) in [6.45, 7) is 15.6. The lowest BCUT2D eigenvalue weighted by Crippen LogP contribution is -2.60. The topological polar surface area (TPSA) is 15.3 Å². The molecular weight excluding hydrogens is 256 g/mol. The van der Waals surface area contributed by atoms with Crippen molar-refractivity contribution in [1.29, 1.82) is 0 Å². The van der Waals surface area contributed by atoms with Crippen molar-refractivity contribution in [2.75, 3.05) is 19.6 Å². The summed E-state index contributed by atoms with van der Waals surface area (Å²) in [6, 6.07) is 0.662. The summed E-state index contributed by atoms with van der Waals surface area (Å²) in [6.07, 6.45) is 10.6. The smallest absolute Gasteiger partial charge is 0.0357 e. The summed E-state index contributed by atoms with van der Waals surface area (Å²) >= 11 is 0. The van der Waals surface area contributed by atoms with Crippen LogP contribution in [0.3, 0.4) is 0 Å². The second-order valence-electron chi connectivity index (χ2n) is 6.93. The first-order valence-corrected chi connectivity index (χ1v) is 9.66. The van der Waals surface area contributed by atoms with Gasteiger partial charge in [-0.05, 0) is 64.1 Å². The van der Waals surface area contributed by atoms with Crippen LogP contribution in [-0.2, 0) is 0 Å². The van der Waals surface area contributed by atoms with Gasteiger partial charge in [0.05, 0.1) is 0 Å². The normalized spacial score (nSPS) is 18.6. The standard InChI is InChI=1S/C19H40N2/c1-6-13-20-18(16-17(7-2)8-3)19(9-4,10-5)21-14-11-12-15-21/h17-18,20H,6-16H2,1-5H3. The van der Waals surface area contributed by atoms with Gasteiger partial charge in [0.2, 0.25) is 0 Å². The molecule has 0 aromatic rings. The molecule has 1 N–H and O–H groups in total. The fourth-order valence-corrected chi connectivity index (χ4v) is 4.34. The zero-order valence-corrected chi connectivity index (χ0v) is 15.4. The molecule has 2 heteroatoms. The van der Waals surface area contributed by atoms with Gasteiger partial charge in [0.15, 0.2) is 0 Å². The first-order valence-electron chi connectivity index (χ1n) is 9.66. The van der Waals surface area contributed by atoms with E-state index in [1.165, 1.54) is 71.0 Å². The second-order valence-corrected chi connectivity index (χ2v) is 6.93. The Morgan fingerprint density at radius 2 is 1.52 bits per heavy atom. The zero-order valence-electron chi connectivity index (χ0n) is 15.4. The molecule has 0 amide bonds. The lowest BCUT2D eigenvalue weighted by molar-refractivity contribution is 0.0511. The Labute approximate surface area is 134 Å². The monoisotopic (exact) mass is 296 g/mol. The number of nitrogens with zero attached hydrogens (tertiary/aromatic N) is 1. The lowest BCUT2D eigenvalue weighted by Gasteiger charge is -2.48. The Morgan fingerprint density at radius 3 is 1.95 bits per heavy atom. The second kappa shape index (κ2) is 9.84. The summed E-state index contributed by atoms with van der Waals surface area (Å²) in [5, 5.41) is 3.95. The molecule has 0 aromatic carbocycles. The largest absolute Gasteiger partial charge is 0.312 e. The van der Waals surface area contributed by atoms with E-state index in [4.69, 9.17) is 0 Å². The van der Waals surface area contributed by atoms with Crippen molar-refractivity contribution in [2.45, 2.75) is 97.6 Å². The minimum atomic E-state index is 0.383. The molecule has 1 aliphatic rings. The van der Waals surface area contributed by atoms with Crippen molar-refractivity contribution in [3.05, 3.63) is 0 Å². The van der Waals surface area contributed by atoms with Gasteiger partial charge in [-0.25, -0.2) is 0 Å². The minimum Gasteiger partial charge on any atom is -0.312 e. The molecule has 1 aliphatic heterocycles. The van der Waals surface area contributed by atoms with Crippen LogP contribution in [0.5, 0.6) is 0 Å². The van der Waals surface area contributed by atoms with E-state index >= 15 is 0 Å². The molecule has 0 spiro atoms. The maximum absolute atomic E-state index is 3.95. The van der Waals surface area contributed by atoms with E-state index in [0.29, 0.717) is 11.6 Å². The highest BCUT2D eigenvalue weighted by Crippen LogP contribution is 2.35. The Balaban J connectivity index is 2.92. The van der Waals surface area contributed by atoms with Crippen LogP contribution in [-0.4, -0.2) is 36.1 Å². The Bertz CT molecular complexity index is 250. The fraction of sp³-hybridized carbons (Fsp3) is 1.00. The van der Waals surface area contributed by atoms with Crippen LogP contribution in [0.1, 0.15) is 86.0 Å². The summed E-state index contributed by atoms with van der Waals surface area (Å²) in [5.74, 6) is 0.874. The molecule has 0 aliphatic carbocycles. The summed E-state index contributed by atoms with van der Waals surface area (Å²) in [7, 11) is 0. The van der Waals surface area contributed by atoms with Crippen LogP contribution in [0.2, 0.25) is 0 Å². The van der Waals surface area contributed by atoms with E-state index in [2.05, 4.69) is 44.8 Å². The number of rotatable bonds is 11. The summed E-state index contributed by atoms with van der Waals surface area (Å²) in [4.78, 5) is 2.82. The van der Waals surface area contributed by atoms with Gasteiger partial charge in [0.1, 0.15) is 0 Å². The number of hydrogen-bond donors (Lipinski definition) is 1. The van der Waals surface area contributed by atoms with Crippen LogP contribution in [0.25, 0.3) is 0 Å². The minimum absolute atomic E-state index is 0.383. The van der Waals surface area contributed by atoms with Gasteiger partial charge in [0, 0.05) is 11.6 Å². The van der Waals surface area contributed by atoms with E-state index in [1.54, 1.807) is 0 Å². The van der Waals surface area contributed by atoms with Gasteiger partial charge >= 0.3 is 0 Å². The predicted octanol–water partition coefficient (Wildman–Crippen LogP) is 4.84. The molecular formula is C19H40N2. The molecule has 1 unspecified atom stereocenters. The van der Waals surface area contributed by atoms with Gasteiger partial charge in [-0.15, -0.1) is 0 Å². The van der Waals surface area contributed by atoms with Gasteiger partial charge in [-0.3, -0.25) is 4.90 Å². The average Bonchev–Trinajstić information content (AvgIpc) is 3.05. The van der Waals surface area contributed by atoms with Crippen LogP contribution >= 0.6 is 0 Å². The first kappa shape index (κ1) is 19.0. The lowest BCUT2D eigenvalue weighted by atomic mass is 9.77. The van der Waals surface area contributed by atoms with Gasteiger partial charge < -0.3 is 5.32 Å². The third kappa shape index (κ3) is 4.69. The van der Waals surface area contributed by atoms with Crippen molar-refractivity contribution in [3.63, 3.8) is 0 Å². The quantitative estimate of drug-likeness (QED) is 0.587. The molecule has 21 heavy (non-hydrogen) atoms.